The second-order valence-corrected chi connectivity index (χ2v) is 4.68. The minimum atomic E-state index is 0.526. The molecule has 1 heterocycles. The van der Waals surface area contributed by atoms with Crippen molar-refractivity contribution in [3.05, 3.63) is 58.2 Å². The first-order valence-electron chi connectivity index (χ1n) is 5.89. The third-order valence-corrected chi connectivity index (χ3v) is 3.30. The lowest BCUT2D eigenvalue weighted by molar-refractivity contribution is 1.18. The van der Waals surface area contributed by atoms with Gasteiger partial charge in [-0.1, -0.05) is 42.3 Å². The van der Waals surface area contributed by atoms with Crippen LogP contribution in [0.15, 0.2) is 47.7 Å². The molecule has 0 aliphatic rings. The fourth-order valence-electron chi connectivity index (χ4n) is 1.58. The number of hydrogen-bond donors (Lipinski definition) is 1. The minimum absolute atomic E-state index is 0.526. The number of halogens is 2. The maximum absolute atomic E-state index is 6.01. The molecule has 0 spiro atoms. The highest BCUT2D eigenvalue weighted by Gasteiger charge is 2.05. The van der Waals surface area contributed by atoms with E-state index in [9.17, 15) is 0 Å². The van der Waals surface area contributed by atoms with Crippen LogP contribution in [-0.2, 0) is 0 Å². The molecule has 5 heteroatoms. The third-order valence-electron chi connectivity index (χ3n) is 2.56. The number of nitrogens with one attached hydrogen (secondary N) is 1. The van der Waals surface area contributed by atoms with Gasteiger partial charge in [-0.2, -0.15) is 5.10 Å². The molecule has 1 aromatic heterocycles. The second kappa shape index (κ2) is 6.55. The van der Waals surface area contributed by atoms with Crippen LogP contribution < -0.4 is 5.43 Å². The minimum Gasteiger partial charge on any atom is -0.261 e. The number of aromatic nitrogens is 1. The summed E-state index contributed by atoms with van der Waals surface area (Å²) in [6, 6.07) is 11.1. The van der Waals surface area contributed by atoms with Gasteiger partial charge in [-0.15, -0.1) is 0 Å². The molecule has 0 saturated carbocycles. The Morgan fingerprint density at radius 3 is 2.68 bits per heavy atom. The van der Waals surface area contributed by atoms with E-state index in [1.807, 2.05) is 37.3 Å². The van der Waals surface area contributed by atoms with Gasteiger partial charge in [0.25, 0.3) is 0 Å². The number of anilines is 1. The zero-order valence-electron chi connectivity index (χ0n) is 10.4. The molecule has 0 saturated heterocycles. The van der Waals surface area contributed by atoms with Crippen molar-refractivity contribution in [2.45, 2.75) is 13.3 Å². The molecule has 1 N–H and O–H groups in total. The Bertz CT molecular complexity index is 582. The number of hydrazone groups is 1. The maximum atomic E-state index is 6.01. The molecule has 0 aliphatic carbocycles. The summed E-state index contributed by atoms with van der Waals surface area (Å²) in [7, 11) is 0. The first-order valence-corrected chi connectivity index (χ1v) is 6.65. The molecular weight excluding hydrogens is 281 g/mol. The van der Waals surface area contributed by atoms with Gasteiger partial charge in [0.2, 0.25) is 0 Å². The third kappa shape index (κ3) is 3.69. The van der Waals surface area contributed by atoms with Crippen LogP contribution in [0.3, 0.4) is 0 Å². The Morgan fingerprint density at radius 1 is 1.21 bits per heavy atom. The summed E-state index contributed by atoms with van der Waals surface area (Å²) in [6.45, 7) is 2.03. The molecule has 0 bridgehead atoms. The van der Waals surface area contributed by atoms with E-state index in [0.717, 1.165) is 17.7 Å². The van der Waals surface area contributed by atoms with Crippen LogP contribution in [0.5, 0.6) is 0 Å². The molecular formula is C14H13Cl2N3. The highest BCUT2D eigenvalue weighted by molar-refractivity contribution is 6.42. The zero-order valence-corrected chi connectivity index (χ0v) is 11.9. The van der Waals surface area contributed by atoms with Gasteiger partial charge in [-0.25, -0.2) is 4.98 Å². The lowest BCUT2D eigenvalue weighted by atomic mass is 10.1. The van der Waals surface area contributed by atoms with E-state index >= 15 is 0 Å². The van der Waals surface area contributed by atoms with E-state index < -0.39 is 0 Å². The summed E-state index contributed by atoms with van der Waals surface area (Å²) in [4.78, 5) is 4.14. The van der Waals surface area contributed by atoms with E-state index in [2.05, 4.69) is 15.5 Å². The molecule has 0 radical (unpaired) electrons. The summed E-state index contributed by atoms with van der Waals surface area (Å²) in [5, 5.41) is 5.42. The van der Waals surface area contributed by atoms with E-state index in [4.69, 9.17) is 23.2 Å². The average molecular weight is 294 g/mol. The Morgan fingerprint density at radius 2 is 2.05 bits per heavy atom. The molecule has 2 rings (SSSR count). The van der Waals surface area contributed by atoms with Crippen molar-refractivity contribution in [3.63, 3.8) is 0 Å². The summed E-state index contributed by atoms with van der Waals surface area (Å²) >= 11 is 11.9. The maximum Gasteiger partial charge on any atom is 0.146 e. The topological polar surface area (TPSA) is 37.3 Å². The SMILES string of the molecule is CC/C(=N\Nc1ccccn1)c1ccc(Cl)c(Cl)c1. The smallest absolute Gasteiger partial charge is 0.146 e. The van der Waals surface area contributed by atoms with Crippen molar-refractivity contribution < 1.29 is 0 Å². The average Bonchev–Trinajstić information content (AvgIpc) is 2.44. The normalized spacial score (nSPS) is 11.4. The van der Waals surface area contributed by atoms with Gasteiger partial charge in [0.05, 0.1) is 15.8 Å². The first-order chi connectivity index (χ1) is 9.20. The quantitative estimate of drug-likeness (QED) is 0.660. The second-order valence-electron chi connectivity index (χ2n) is 3.87. The lowest BCUT2D eigenvalue weighted by Crippen LogP contribution is -2.03. The van der Waals surface area contributed by atoms with Crippen LogP contribution in [0.25, 0.3) is 0 Å². The van der Waals surface area contributed by atoms with Crippen molar-refractivity contribution >= 4 is 34.7 Å². The van der Waals surface area contributed by atoms with Crippen LogP contribution >= 0.6 is 23.2 Å². The number of rotatable bonds is 4. The van der Waals surface area contributed by atoms with Crippen molar-refractivity contribution in [2.24, 2.45) is 5.10 Å². The standard InChI is InChI=1S/C14H13Cl2N3/c1-2-13(10-6-7-11(15)12(16)9-10)18-19-14-5-3-4-8-17-14/h3-9H,2H2,1H3,(H,17,19)/b18-13+. The van der Waals surface area contributed by atoms with Gasteiger partial charge in [-0.05, 0) is 36.2 Å². The monoisotopic (exact) mass is 293 g/mol. The van der Waals surface area contributed by atoms with E-state index in [1.54, 1.807) is 12.3 Å². The number of hydrogen-bond acceptors (Lipinski definition) is 3. The Hall–Kier alpha value is -1.58. The summed E-state index contributed by atoms with van der Waals surface area (Å²) in [5.41, 5.74) is 4.77. The number of benzene rings is 1. The van der Waals surface area contributed by atoms with Gasteiger partial charge in [-0.3, -0.25) is 5.43 Å². The van der Waals surface area contributed by atoms with Crippen LogP contribution in [0.4, 0.5) is 5.82 Å². The number of pyridine rings is 1. The van der Waals surface area contributed by atoms with Gasteiger partial charge in [0.1, 0.15) is 5.82 Å². The van der Waals surface area contributed by atoms with Gasteiger partial charge in [0.15, 0.2) is 0 Å². The van der Waals surface area contributed by atoms with Crippen LogP contribution in [-0.4, -0.2) is 10.7 Å². The Labute approximate surface area is 122 Å². The molecule has 0 fully saturated rings. The largest absolute Gasteiger partial charge is 0.261 e. The van der Waals surface area contributed by atoms with Crippen LogP contribution in [0.1, 0.15) is 18.9 Å². The molecule has 3 nitrogen and oxygen atoms in total. The van der Waals surface area contributed by atoms with E-state index in [-0.39, 0.29) is 0 Å². The molecule has 98 valence electrons. The number of nitrogens with zero attached hydrogens (tertiary/aromatic N) is 2. The predicted molar refractivity (Wildman–Crippen MR) is 81.1 cm³/mol. The van der Waals surface area contributed by atoms with E-state index in [1.165, 1.54) is 0 Å². The van der Waals surface area contributed by atoms with Crippen molar-refractivity contribution in [3.8, 4) is 0 Å². The predicted octanol–water partition coefficient (Wildman–Crippen LogP) is 4.61. The van der Waals surface area contributed by atoms with Crippen molar-refractivity contribution in [1.82, 2.24) is 4.98 Å². The molecule has 0 aliphatic heterocycles. The molecule has 0 unspecified atom stereocenters. The first kappa shape index (κ1) is 13.8. The molecule has 0 atom stereocenters. The molecule has 0 amide bonds. The Balaban J connectivity index is 2.21. The fourth-order valence-corrected chi connectivity index (χ4v) is 1.88. The summed E-state index contributed by atoms with van der Waals surface area (Å²) in [5.74, 6) is 0.702. The van der Waals surface area contributed by atoms with Crippen LogP contribution in [0, 0.1) is 0 Å². The zero-order chi connectivity index (χ0) is 13.7. The fraction of sp³-hybridized carbons (Fsp3) is 0.143. The highest BCUT2D eigenvalue weighted by Crippen LogP contribution is 2.23. The molecule has 1 aromatic carbocycles. The highest BCUT2D eigenvalue weighted by atomic mass is 35.5. The van der Waals surface area contributed by atoms with Gasteiger partial charge >= 0.3 is 0 Å². The molecule has 19 heavy (non-hydrogen) atoms. The summed E-state index contributed by atoms with van der Waals surface area (Å²) in [6.07, 6.45) is 2.49. The Kier molecular flexibility index (Phi) is 4.77. The lowest BCUT2D eigenvalue weighted by Gasteiger charge is -2.06. The van der Waals surface area contributed by atoms with Crippen molar-refractivity contribution in [1.29, 1.82) is 0 Å². The summed E-state index contributed by atoms with van der Waals surface area (Å²) < 4.78 is 0. The van der Waals surface area contributed by atoms with Gasteiger partial charge in [0, 0.05) is 6.20 Å². The van der Waals surface area contributed by atoms with Crippen molar-refractivity contribution in [2.75, 3.05) is 5.43 Å². The molecule has 2 aromatic rings. The van der Waals surface area contributed by atoms with E-state index in [0.29, 0.717) is 15.9 Å². The van der Waals surface area contributed by atoms with Crippen LogP contribution in [0.2, 0.25) is 10.0 Å². The van der Waals surface area contributed by atoms with Gasteiger partial charge < -0.3 is 0 Å².